The van der Waals surface area contributed by atoms with Gasteiger partial charge in [0.15, 0.2) is 17.4 Å². The fourth-order valence-electron chi connectivity index (χ4n) is 5.92. The number of rotatable bonds is 6. The predicted octanol–water partition coefficient (Wildman–Crippen LogP) is -0.347. The van der Waals surface area contributed by atoms with Gasteiger partial charge in [0.05, 0.1) is 37.2 Å². The molecule has 38 heavy (non-hydrogen) atoms. The summed E-state index contributed by atoms with van der Waals surface area (Å²) < 4.78 is 20.9. The maximum Gasteiger partial charge on any atom is 0.287 e. The first-order valence-corrected chi connectivity index (χ1v) is 12.5. The van der Waals surface area contributed by atoms with E-state index in [0.717, 1.165) is 23.5 Å². The normalized spacial score (nSPS) is 33.2. The van der Waals surface area contributed by atoms with Crippen molar-refractivity contribution in [1.82, 2.24) is 19.1 Å². The van der Waals surface area contributed by atoms with Crippen LogP contribution >= 0.6 is 0 Å². The highest BCUT2D eigenvalue weighted by molar-refractivity contribution is 5.74. The Kier molecular flexibility index (Phi) is 5.63. The van der Waals surface area contributed by atoms with Gasteiger partial charge in [0, 0.05) is 6.08 Å². The molecule has 4 heterocycles. The van der Waals surface area contributed by atoms with Gasteiger partial charge in [0.25, 0.3) is 5.56 Å². The zero-order valence-corrected chi connectivity index (χ0v) is 20.4. The van der Waals surface area contributed by atoms with Gasteiger partial charge in [-0.2, -0.15) is 15.5 Å². The summed E-state index contributed by atoms with van der Waals surface area (Å²) in [6.07, 6.45) is 1.73. The Balaban J connectivity index is 1.42. The molecular formula is C24H27N7O7. The molecule has 14 nitrogen and oxygen atoms in total. The summed E-state index contributed by atoms with van der Waals surface area (Å²) in [7, 11) is 0. The Morgan fingerprint density at radius 2 is 1.92 bits per heavy atom. The minimum atomic E-state index is -1.59. The van der Waals surface area contributed by atoms with Gasteiger partial charge < -0.3 is 35.3 Å². The van der Waals surface area contributed by atoms with Crippen LogP contribution in [0.15, 0.2) is 17.2 Å². The number of fused-ring (bicyclic) bond motifs is 2. The monoisotopic (exact) mass is 525 g/mol. The first-order chi connectivity index (χ1) is 18.2. The third-order valence-corrected chi connectivity index (χ3v) is 8.32. The van der Waals surface area contributed by atoms with Crippen molar-refractivity contribution in [2.24, 2.45) is 0 Å². The molecule has 0 amide bonds. The van der Waals surface area contributed by atoms with Crippen LogP contribution in [0.5, 0.6) is 0 Å². The maximum atomic E-state index is 13.5. The highest BCUT2D eigenvalue weighted by Crippen LogP contribution is 2.54. The Morgan fingerprint density at radius 3 is 2.50 bits per heavy atom. The van der Waals surface area contributed by atoms with Gasteiger partial charge in [-0.3, -0.25) is 9.36 Å². The lowest BCUT2D eigenvalue weighted by Crippen LogP contribution is -2.60. The van der Waals surface area contributed by atoms with Crippen LogP contribution in [-0.4, -0.2) is 76.3 Å². The zero-order chi connectivity index (χ0) is 26.9. The number of allylic oxidation sites excluding steroid dienone is 1. The number of aromatic nitrogens is 4. The van der Waals surface area contributed by atoms with Gasteiger partial charge >= 0.3 is 0 Å². The number of nitrogens with zero attached hydrogens (tertiary/aromatic N) is 6. The largest absolute Gasteiger partial charge is 0.394 e. The lowest BCUT2D eigenvalue weighted by Gasteiger charge is -2.48. The summed E-state index contributed by atoms with van der Waals surface area (Å²) in [5.74, 6) is -1.85. The van der Waals surface area contributed by atoms with E-state index in [2.05, 4.69) is 9.97 Å². The molecule has 2 saturated heterocycles. The summed E-state index contributed by atoms with van der Waals surface area (Å²) >= 11 is 0. The SMILES string of the molecule is N#C/C=C(/n1c(N)nc2c(ncn2[C@@H]2O[C@H](CO)[C@H]3OC(CC#N)(C4(O)CCC4)O[C@H]32)c1=O)C1(O)CCC1. The van der Waals surface area contributed by atoms with Crippen molar-refractivity contribution in [3.05, 3.63) is 22.8 Å². The van der Waals surface area contributed by atoms with Crippen LogP contribution < -0.4 is 11.3 Å². The number of anilines is 1. The fraction of sp³-hybridized carbons (Fsp3) is 0.625. The number of hydrogen-bond acceptors (Lipinski definition) is 12. The third kappa shape index (κ3) is 3.29. The van der Waals surface area contributed by atoms with Crippen molar-refractivity contribution in [3.63, 3.8) is 0 Å². The lowest BCUT2D eigenvalue weighted by molar-refractivity contribution is -0.317. The number of aliphatic hydroxyl groups excluding tert-OH is 1. The third-order valence-electron chi connectivity index (χ3n) is 8.32. The van der Waals surface area contributed by atoms with Gasteiger partial charge in [-0.25, -0.2) is 9.55 Å². The molecule has 4 fully saturated rings. The molecule has 1 unspecified atom stereocenters. The van der Waals surface area contributed by atoms with Crippen molar-refractivity contribution in [3.8, 4) is 12.1 Å². The Morgan fingerprint density at radius 1 is 1.21 bits per heavy atom. The summed E-state index contributed by atoms with van der Waals surface area (Å²) in [5, 5.41) is 50.8. The van der Waals surface area contributed by atoms with E-state index in [1.165, 1.54) is 10.9 Å². The van der Waals surface area contributed by atoms with E-state index in [9.17, 15) is 30.6 Å². The van der Waals surface area contributed by atoms with Crippen LogP contribution in [0.1, 0.15) is 51.2 Å². The minimum absolute atomic E-state index is 0.0396. The Labute approximate surface area is 216 Å². The predicted molar refractivity (Wildman–Crippen MR) is 127 cm³/mol. The summed E-state index contributed by atoms with van der Waals surface area (Å²) in [4.78, 5) is 22.1. The van der Waals surface area contributed by atoms with Crippen LogP contribution in [0.3, 0.4) is 0 Å². The molecule has 4 aliphatic rings. The van der Waals surface area contributed by atoms with Gasteiger partial charge in [-0.1, -0.05) is 0 Å². The number of hydrogen-bond donors (Lipinski definition) is 4. The van der Waals surface area contributed by atoms with Crippen LogP contribution in [0.25, 0.3) is 16.9 Å². The standard InChI is InChI=1S/C24H27N7O7/c25-9-3-14(22(34)4-1-5-22)31-19(33)15-18(29-21(31)27)30(12-28-15)20-17-16(13(11-32)36-20)37-24(38-17,8-10-26)23(35)6-2-7-23/h3,12-13,16-17,20,32,34-35H,1-2,4-8,11H2,(H2,27,29)/b14-3+/t13-,16-,17-,20-,24?/m1/s1. The zero-order valence-electron chi connectivity index (χ0n) is 20.4. The Bertz CT molecular complexity index is 1460. The van der Waals surface area contributed by atoms with E-state index in [1.807, 2.05) is 12.1 Å². The molecule has 5 atom stereocenters. The van der Waals surface area contributed by atoms with Gasteiger partial charge in [0.2, 0.25) is 11.7 Å². The van der Waals surface area contributed by atoms with Crippen molar-refractivity contribution in [2.75, 3.05) is 12.3 Å². The van der Waals surface area contributed by atoms with Crippen LogP contribution in [0.2, 0.25) is 0 Å². The summed E-state index contributed by atoms with van der Waals surface area (Å²) in [6, 6.07) is 3.90. The summed E-state index contributed by atoms with van der Waals surface area (Å²) in [5.41, 5.74) is 2.81. The van der Waals surface area contributed by atoms with Crippen LogP contribution in [-0.2, 0) is 14.2 Å². The highest BCUT2D eigenvalue weighted by atomic mass is 16.8. The second-order valence-corrected chi connectivity index (χ2v) is 10.4. The van der Waals surface area contributed by atoms with E-state index in [0.29, 0.717) is 25.7 Å². The van der Waals surface area contributed by atoms with Crippen molar-refractivity contribution < 1.29 is 29.5 Å². The number of nitrogens with two attached hydrogens (primary N) is 1. The number of aliphatic hydroxyl groups is 3. The fourth-order valence-corrected chi connectivity index (χ4v) is 5.92. The first-order valence-electron chi connectivity index (χ1n) is 12.5. The number of ether oxygens (including phenoxy) is 3. The second-order valence-electron chi connectivity index (χ2n) is 10.4. The molecule has 0 aromatic carbocycles. The van der Waals surface area contributed by atoms with E-state index >= 15 is 0 Å². The van der Waals surface area contributed by atoms with Crippen molar-refractivity contribution in [2.45, 2.75) is 86.5 Å². The quantitative estimate of drug-likeness (QED) is 0.356. The summed E-state index contributed by atoms with van der Waals surface area (Å²) in [6.45, 7) is -0.419. The van der Waals surface area contributed by atoms with Gasteiger partial charge in [-0.15, -0.1) is 0 Å². The molecule has 6 rings (SSSR count). The molecule has 0 radical (unpaired) electrons. The molecule has 5 N–H and O–H groups in total. The minimum Gasteiger partial charge on any atom is -0.394 e. The van der Waals surface area contributed by atoms with E-state index in [1.54, 1.807) is 0 Å². The molecule has 2 aromatic rings. The molecule has 0 spiro atoms. The smallest absolute Gasteiger partial charge is 0.287 e. The average Bonchev–Trinajstić information content (AvgIpc) is 3.53. The second kappa shape index (κ2) is 8.57. The highest BCUT2D eigenvalue weighted by Gasteiger charge is 2.67. The van der Waals surface area contributed by atoms with Crippen LogP contribution in [0.4, 0.5) is 5.95 Å². The van der Waals surface area contributed by atoms with E-state index in [4.69, 9.17) is 19.9 Å². The van der Waals surface area contributed by atoms with Gasteiger partial charge in [0.1, 0.15) is 29.5 Å². The number of nitrogen functional groups attached to an aromatic ring is 1. The Hall–Kier alpha value is -3.37. The number of nitriles is 2. The van der Waals surface area contributed by atoms with E-state index in [-0.39, 0.29) is 29.2 Å². The molecule has 14 heteroatoms. The maximum absolute atomic E-state index is 13.5. The molecular weight excluding hydrogens is 498 g/mol. The molecule has 2 saturated carbocycles. The average molecular weight is 526 g/mol. The molecule has 2 aliphatic carbocycles. The molecule has 0 bridgehead atoms. The first kappa shape index (κ1) is 24.9. The van der Waals surface area contributed by atoms with Crippen molar-refractivity contribution >= 4 is 22.8 Å². The molecule has 2 aliphatic heterocycles. The molecule has 2 aromatic heterocycles. The van der Waals surface area contributed by atoms with E-state index < -0.39 is 53.7 Å². The van der Waals surface area contributed by atoms with Crippen molar-refractivity contribution in [1.29, 1.82) is 10.5 Å². The number of imidazole rings is 1. The van der Waals surface area contributed by atoms with Crippen LogP contribution in [0, 0.1) is 22.7 Å². The topological polar surface area (TPSA) is 215 Å². The lowest BCUT2D eigenvalue weighted by atomic mass is 9.73. The van der Waals surface area contributed by atoms with Gasteiger partial charge in [-0.05, 0) is 38.5 Å². The molecule has 200 valence electrons.